The highest BCUT2D eigenvalue weighted by atomic mass is 16.5. The SMILES string of the molecule is COc1cccc(OC)c1C(c1ccc(C)cc1)N1CCCNCC1. The minimum absolute atomic E-state index is 0.117. The van der Waals surface area contributed by atoms with Gasteiger partial charge in [0, 0.05) is 19.6 Å². The van der Waals surface area contributed by atoms with E-state index in [1.165, 1.54) is 11.1 Å². The highest BCUT2D eigenvalue weighted by Crippen LogP contribution is 2.41. The number of methoxy groups -OCH3 is 2. The van der Waals surface area contributed by atoms with Gasteiger partial charge in [-0.1, -0.05) is 35.9 Å². The Morgan fingerprint density at radius 1 is 0.920 bits per heavy atom. The lowest BCUT2D eigenvalue weighted by Crippen LogP contribution is -2.33. The number of aryl methyl sites for hydroxylation is 1. The van der Waals surface area contributed by atoms with Crippen LogP contribution in [0.25, 0.3) is 0 Å². The lowest BCUT2D eigenvalue weighted by Gasteiger charge is -2.33. The maximum Gasteiger partial charge on any atom is 0.127 e. The van der Waals surface area contributed by atoms with Crippen molar-refractivity contribution < 1.29 is 9.47 Å². The molecule has 2 aromatic carbocycles. The van der Waals surface area contributed by atoms with Gasteiger partial charge in [0.25, 0.3) is 0 Å². The monoisotopic (exact) mass is 340 g/mol. The lowest BCUT2D eigenvalue weighted by atomic mass is 9.94. The average Bonchev–Trinajstić information content (AvgIpc) is 2.93. The van der Waals surface area contributed by atoms with E-state index in [0.29, 0.717) is 0 Å². The number of benzene rings is 2. The number of nitrogens with one attached hydrogen (secondary N) is 1. The molecular formula is C21H28N2O2. The Labute approximate surface area is 150 Å². The van der Waals surface area contributed by atoms with Crippen molar-refractivity contribution in [1.82, 2.24) is 10.2 Å². The van der Waals surface area contributed by atoms with E-state index in [0.717, 1.165) is 49.7 Å². The first kappa shape index (κ1) is 17.8. The zero-order valence-corrected chi connectivity index (χ0v) is 15.4. The smallest absolute Gasteiger partial charge is 0.127 e. The van der Waals surface area contributed by atoms with Gasteiger partial charge in [0.1, 0.15) is 11.5 Å². The van der Waals surface area contributed by atoms with Crippen LogP contribution in [0.2, 0.25) is 0 Å². The molecule has 0 aromatic heterocycles. The largest absolute Gasteiger partial charge is 0.496 e. The van der Waals surface area contributed by atoms with Crippen molar-refractivity contribution in [1.29, 1.82) is 0 Å². The summed E-state index contributed by atoms with van der Waals surface area (Å²) in [5, 5.41) is 3.50. The van der Waals surface area contributed by atoms with Gasteiger partial charge in [0.05, 0.1) is 25.8 Å². The molecule has 3 rings (SSSR count). The van der Waals surface area contributed by atoms with E-state index in [1.54, 1.807) is 14.2 Å². The summed E-state index contributed by atoms with van der Waals surface area (Å²) in [7, 11) is 3.46. The molecule has 0 radical (unpaired) electrons. The Hall–Kier alpha value is -2.04. The van der Waals surface area contributed by atoms with E-state index in [1.807, 2.05) is 18.2 Å². The molecule has 1 fully saturated rings. The second-order valence-corrected chi connectivity index (χ2v) is 6.53. The molecule has 25 heavy (non-hydrogen) atoms. The van der Waals surface area contributed by atoms with Gasteiger partial charge in [-0.15, -0.1) is 0 Å². The van der Waals surface area contributed by atoms with Crippen LogP contribution >= 0.6 is 0 Å². The van der Waals surface area contributed by atoms with Gasteiger partial charge in [-0.3, -0.25) is 4.90 Å². The second kappa shape index (κ2) is 8.37. The third-order valence-electron chi connectivity index (χ3n) is 4.87. The van der Waals surface area contributed by atoms with E-state index in [2.05, 4.69) is 41.4 Å². The molecule has 1 heterocycles. The van der Waals surface area contributed by atoms with Gasteiger partial charge in [0.15, 0.2) is 0 Å². The Morgan fingerprint density at radius 2 is 1.60 bits per heavy atom. The molecule has 0 bridgehead atoms. The molecule has 1 aliphatic heterocycles. The van der Waals surface area contributed by atoms with Gasteiger partial charge in [-0.25, -0.2) is 0 Å². The van der Waals surface area contributed by atoms with Crippen molar-refractivity contribution >= 4 is 0 Å². The summed E-state index contributed by atoms with van der Waals surface area (Å²) < 4.78 is 11.4. The summed E-state index contributed by atoms with van der Waals surface area (Å²) in [5.41, 5.74) is 3.65. The first-order valence-electron chi connectivity index (χ1n) is 8.97. The third-order valence-corrected chi connectivity index (χ3v) is 4.87. The summed E-state index contributed by atoms with van der Waals surface area (Å²) >= 11 is 0. The summed E-state index contributed by atoms with van der Waals surface area (Å²) in [6.45, 7) is 6.24. The number of hydrogen-bond donors (Lipinski definition) is 1. The van der Waals surface area contributed by atoms with Crippen molar-refractivity contribution in [2.75, 3.05) is 40.4 Å². The predicted octanol–water partition coefficient (Wildman–Crippen LogP) is 3.40. The van der Waals surface area contributed by atoms with Gasteiger partial charge in [0.2, 0.25) is 0 Å². The molecule has 2 aromatic rings. The first-order valence-corrected chi connectivity index (χ1v) is 8.97. The fourth-order valence-electron chi connectivity index (χ4n) is 3.58. The van der Waals surface area contributed by atoms with Crippen LogP contribution in [0.5, 0.6) is 11.5 Å². The quantitative estimate of drug-likeness (QED) is 0.904. The molecule has 4 nitrogen and oxygen atoms in total. The van der Waals surface area contributed by atoms with Crippen LogP contribution in [0, 0.1) is 6.92 Å². The Morgan fingerprint density at radius 3 is 2.24 bits per heavy atom. The van der Waals surface area contributed by atoms with Gasteiger partial charge < -0.3 is 14.8 Å². The minimum Gasteiger partial charge on any atom is -0.496 e. The van der Waals surface area contributed by atoms with E-state index >= 15 is 0 Å². The lowest BCUT2D eigenvalue weighted by molar-refractivity contribution is 0.231. The molecule has 1 aliphatic rings. The van der Waals surface area contributed by atoms with Gasteiger partial charge in [-0.2, -0.15) is 0 Å². The molecule has 0 saturated carbocycles. The molecule has 4 heteroatoms. The maximum atomic E-state index is 5.71. The first-order chi connectivity index (χ1) is 12.2. The van der Waals surface area contributed by atoms with Crippen LogP contribution in [0.3, 0.4) is 0 Å². The molecule has 1 saturated heterocycles. The summed E-state index contributed by atoms with van der Waals surface area (Å²) in [4.78, 5) is 2.53. The van der Waals surface area contributed by atoms with Crippen molar-refractivity contribution in [3.8, 4) is 11.5 Å². The minimum atomic E-state index is 0.117. The Balaban J connectivity index is 2.12. The van der Waals surface area contributed by atoms with Crippen LogP contribution in [0.15, 0.2) is 42.5 Å². The zero-order valence-electron chi connectivity index (χ0n) is 15.4. The van der Waals surface area contributed by atoms with Crippen molar-refractivity contribution in [2.45, 2.75) is 19.4 Å². The fraction of sp³-hybridized carbons (Fsp3) is 0.429. The molecule has 0 aliphatic carbocycles. The molecule has 134 valence electrons. The van der Waals surface area contributed by atoms with Crippen LogP contribution in [-0.2, 0) is 0 Å². The second-order valence-electron chi connectivity index (χ2n) is 6.53. The van der Waals surface area contributed by atoms with Crippen molar-refractivity contribution in [2.24, 2.45) is 0 Å². The Bertz CT molecular complexity index is 655. The average molecular weight is 340 g/mol. The van der Waals surface area contributed by atoms with Crippen molar-refractivity contribution in [3.63, 3.8) is 0 Å². The topological polar surface area (TPSA) is 33.7 Å². The van der Waals surface area contributed by atoms with E-state index < -0.39 is 0 Å². The van der Waals surface area contributed by atoms with E-state index in [4.69, 9.17) is 9.47 Å². The molecule has 1 N–H and O–H groups in total. The molecular weight excluding hydrogens is 312 g/mol. The van der Waals surface area contributed by atoms with E-state index in [9.17, 15) is 0 Å². The third kappa shape index (κ3) is 3.97. The van der Waals surface area contributed by atoms with Crippen molar-refractivity contribution in [3.05, 3.63) is 59.2 Å². The number of ether oxygens (including phenoxy) is 2. The molecule has 0 spiro atoms. The number of nitrogens with zero attached hydrogens (tertiary/aromatic N) is 1. The van der Waals surface area contributed by atoms with Crippen LogP contribution in [0.4, 0.5) is 0 Å². The van der Waals surface area contributed by atoms with Crippen LogP contribution in [0.1, 0.15) is 29.2 Å². The van der Waals surface area contributed by atoms with Crippen LogP contribution < -0.4 is 14.8 Å². The zero-order chi connectivity index (χ0) is 17.6. The van der Waals surface area contributed by atoms with E-state index in [-0.39, 0.29) is 6.04 Å². The standard InChI is InChI=1S/C21H28N2O2/c1-16-8-10-17(11-9-16)21(23-14-5-12-22-13-15-23)20-18(24-2)6-4-7-19(20)25-3/h4,6-11,21-22H,5,12-15H2,1-3H3. The molecule has 1 unspecified atom stereocenters. The van der Waals surface area contributed by atoms with Gasteiger partial charge >= 0.3 is 0 Å². The molecule has 0 amide bonds. The number of rotatable bonds is 5. The number of hydrogen-bond acceptors (Lipinski definition) is 4. The predicted molar refractivity (Wildman–Crippen MR) is 102 cm³/mol. The van der Waals surface area contributed by atoms with Crippen LogP contribution in [-0.4, -0.2) is 45.3 Å². The Kier molecular flexibility index (Phi) is 5.95. The fourth-order valence-corrected chi connectivity index (χ4v) is 3.58. The summed E-state index contributed by atoms with van der Waals surface area (Å²) in [6.07, 6.45) is 1.14. The maximum absolute atomic E-state index is 5.71. The normalized spacial score (nSPS) is 16.9. The van der Waals surface area contributed by atoms with Gasteiger partial charge in [-0.05, 0) is 37.6 Å². The summed E-state index contributed by atoms with van der Waals surface area (Å²) in [6, 6.07) is 15.0. The molecule has 1 atom stereocenters. The highest BCUT2D eigenvalue weighted by Gasteiger charge is 2.28. The highest BCUT2D eigenvalue weighted by molar-refractivity contribution is 5.51. The summed E-state index contributed by atoms with van der Waals surface area (Å²) in [5.74, 6) is 1.75.